The number of carbonyl (C=O) groups excluding carboxylic acids is 2. The van der Waals surface area contributed by atoms with Crippen LogP contribution in [0.25, 0.3) is 0 Å². The van der Waals surface area contributed by atoms with E-state index in [0.29, 0.717) is 0 Å². The van der Waals surface area contributed by atoms with Gasteiger partial charge in [0.1, 0.15) is 5.82 Å². The van der Waals surface area contributed by atoms with E-state index in [-0.39, 0.29) is 30.5 Å². The Balaban J connectivity index is 1.49. The molecule has 132 valence electrons. The quantitative estimate of drug-likeness (QED) is 0.860. The Morgan fingerprint density at radius 3 is 2.96 bits per heavy atom. The van der Waals surface area contributed by atoms with Crippen molar-refractivity contribution in [3.8, 4) is 0 Å². The molecule has 0 aliphatic heterocycles. The number of amides is 2. The van der Waals surface area contributed by atoms with Crippen molar-refractivity contribution in [1.29, 1.82) is 0 Å². The van der Waals surface area contributed by atoms with Crippen LogP contribution in [0.5, 0.6) is 0 Å². The first-order chi connectivity index (χ1) is 12.0. The number of aromatic nitrogens is 1. The predicted octanol–water partition coefficient (Wildman–Crippen LogP) is 2.90. The molecule has 25 heavy (non-hydrogen) atoms. The largest absolute Gasteiger partial charge is 0.351 e. The van der Waals surface area contributed by atoms with E-state index < -0.39 is 11.7 Å². The number of nitrogens with zero attached hydrogens (tertiary/aromatic N) is 1. The van der Waals surface area contributed by atoms with Crippen molar-refractivity contribution in [1.82, 2.24) is 15.6 Å². The Bertz CT molecular complexity index is 790. The molecule has 1 aliphatic rings. The number of hydrogen-bond donors (Lipinski definition) is 2. The molecule has 5 nitrogen and oxygen atoms in total. The Morgan fingerprint density at radius 2 is 2.16 bits per heavy atom. The lowest BCUT2D eigenvalue weighted by atomic mass is 9.97. The fourth-order valence-electron chi connectivity index (χ4n) is 2.98. The third-order valence-corrected chi connectivity index (χ3v) is 5.20. The summed E-state index contributed by atoms with van der Waals surface area (Å²) in [6.45, 7) is 2.13. The SMILES string of the molecule is Cc1nc2c(s1)CCC[C@@H]2NC(=O)CCNC(=O)c1ccccc1F. The third-order valence-electron chi connectivity index (χ3n) is 4.15. The summed E-state index contributed by atoms with van der Waals surface area (Å²) in [7, 11) is 0. The van der Waals surface area contributed by atoms with Crippen LogP contribution in [0.1, 0.15) is 51.2 Å². The molecule has 1 aromatic heterocycles. The van der Waals surface area contributed by atoms with E-state index in [1.54, 1.807) is 17.4 Å². The smallest absolute Gasteiger partial charge is 0.254 e. The molecule has 1 heterocycles. The number of halogens is 1. The zero-order chi connectivity index (χ0) is 17.8. The fraction of sp³-hybridized carbons (Fsp3) is 0.389. The lowest BCUT2D eigenvalue weighted by Gasteiger charge is -2.22. The normalized spacial score (nSPS) is 16.2. The van der Waals surface area contributed by atoms with Crippen LogP contribution >= 0.6 is 11.3 Å². The van der Waals surface area contributed by atoms with Crippen LogP contribution in [-0.4, -0.2) is 23.3 Å². The first-order valence-corrected chi connectivity index (χ1v) is 9.14. The molecule has 2 N–H and O–H groups in total. The molecule has 2 amide bonds. The van der Waals surface area contributed by atoms with E-state index >= 15 is 0 Å². The highest BCUT2D eigenvalue weighted by Gasteiger charge is 2.25. The molecule has 1 aromatic carbocycles. The molecule has 0 saturated carbocycles. The van der Waals surface area contributed by atoms with E-state index in [0.717, 1.165) is 30.0 Å². The van der Waals surface area contributed by atoms with Crippen LogP contribution in [0.15, 0.2) is 24.3 Å². The van der Waals surface area contributed by atoms with Gasteiger partial charge in [0.15, 0.2) is 0 Å². The summed E-state index contributed by atoms with van der Waals surface area (Å²) in [5.74, 6) is -1.23. The summed E-state index contributed by atoms with van der Waals surface area (Å²) < 4.78 is 13.5. The van der Waals surface area contributed by atoms with Gasteiger partial charge in [0.2, 0.25) is 5.91 Å². The second kappa shape index (κ2) is 7.74. The Kier molecular flexibility index (Phi) is 5.43. The first kappa shape index (κ1) is 17.5. The number of fused-ring (bicyclic) bond motifs is 1. The molecule has 0 fully saturated rings. The maximum atomic E-state index is 13.5. The molecular formula is C18H20FN3O2S. The number of rotatable bonds is 5. The molecule has 0 saturated heterocycles. The summed E-state index contributed by atoms with van der Waals surface area (Å²) in [6, 6.07) is 5.72. The topological polar surface area (TPSA) is 71.1 Å². The minimum Gasteiger partial charge on any atom is -0.351 e. The van der Waals surface area contributed by atoms with Gasteiger partial charge in [-0.2, -0.15) is 0 Å². The van der Waals surface area contributed by atoms with Gasteiger partial charge < -0.3 is 10.6 Å². The van der Waals surface area contributed by atoms with Crippen molar-refractivity contribution in [3.63, 3.8) is 0 Å². The Hall–Kier alpha value is -2.28. The van der Waals surface area contributed by atoms with Crippen LogP contribution in [0, 0.1) is 12.7 Å². The molecular weight excluding hydrogens is 341 g/mol. The number of thiazole rings is 1. The molecule has 1 aliphatic carbocycles. The van der Waals surface area contributed by atoms with Gasteiger partial charge >= 0.3 is 0 Å². The molecule has 0 unspecified atom stereocenters. The summed E-state index contributed by atoms with van der Waals surface area (Å²) in [6.07, 6.45) is 3.08. The molecule has 0 radical (unpaired) electrons. The van der Waals surface area contributed by atoms with Crippen LogP contribution in [0.3, 0.4) is 0 Å². The second-order valence-electron chi connectivity index (χ2n) is 6.04. The number of carbonyl (C=O) groups is 2. The second-order valence-corrected chi connectivity index (χ2v) is 7.33. The summed E-state index contributed by atoms with van der Waals surface area (Å²) in [5, 5.41) is 6.59. The van der Waals surface area contributed by atoms with Crippen molar-refractivity contribution in [2.75, 3.05) is 6.54 Å². The molecule has 0 bridgehead atoms. The van der Waals surface area contributed by atoms with Gasteiger partial charge in [-0.25, -0.2) is 9.37 Å². The van der Waals surface area contributed by atoms with E-state index in [9.17, 15) is 14.0 Å². The zero-order valence-electron chi connectivity index (χ0n) is 14.0. The Morgan fingerprint density at radius 1 is 1.36 bits per heavy atom. The summed E-state index contributed by atoms with van der Waals surface area (Å²) in [4.78, 5) is 29.9. The van der Waals surface area contributed by atoms with Gasteiger partial charge in [0.05, 0.1) is 22.3 Å². The van der Waals surface area contributed by atoms with Gasteiger partial charge in [-0.3, -0.25) is 9.59 Å². The summed E-state index contributed by atoms with van der Waals surface area (Å²) in [5.41, 5.74) is 0.968. The lowest BCUT2D eigenvalue weighted by Crippen LogP contribution is -2.34. The average molecular weight is 361 g/mol. The number of hydrogen-bond acceptors (Lipinski definition) is 4. The van der Waals surface area contributed by atoms with Gasteiger partial charge in [0, 0.05) is 17.8 Å². The maximum absolute atomic E-state index is 13.5. The highest BCUT2D eigenvalue weighted by Crippen LogP contribution is 2.32. The van der Waals surface area contributed by atoms with Crippen LogP contribution in [0.2, 0.25) is 0 Å². The minimum absolute atomic E-state index is 0.0159. The molecule has 2 aromatic rings. The first-order valence-electron chi connectivity index (χ1n) is 8.33. The number of nitrogens with one attached hydrogen (secondary N) is 2. The van der Waals surface area contributed by atoms with Crippen LogP contribution < -0.4 is 10.6 Å². The molecule has 1 atom stereocenters. The number of aryl methyl sites for hydroxylation is 2. The van der Waals surface area contributed by atoms with Crippen molar-refractivity contribution in [2.24, 2.45) is 0 Å². The van der Waals surface area contributed by atoms with E-state index in [1.807, 2.05) is 6.92 Å². The maximum Gasteiger partial charge on any atom is 0.254 e. The van der Waals surface area contributed by atoms with E-state index in [2.05, 4.69) is 15.6 Å². The summed E-state index contributed by atoms with van der Waals surface area (Å²) >= 11 is 1.69. The molecule has 7 heteroatoms. The number of benzene rings is 1. The highest BCUT2D eigenvalue weighted by atomic mass is 32.1. The standard InChI is InChI=1S/C18H20FN3O2S/c1-11-21-17-14(7-4-8-15(17)25-11)22-16(23)9-10-20-18(24)12-5-2-3-6-13(12)19/h2-3,5-6,14H,4,7-10H2,1H3,(H,20,24)(H,22,23)/t14-/m0/s1. The van der Waals surface area contributed by atoms with Crippen molar-refractivity contribution in [3.05, 3.63) is 51.2 Å². The van der Waals surface area contributed by atoms with E-state index in [4.69, 9.17) is 0 Å². The minimum atomic E-state index is -0.571. The third kappa shape index (κ3) is 4.22. The van der Waals surface area contributed by atoms with Crippen molar-refractivity contribution < 1.29 is 14.0 Å². The van der Waals surface area contributed by atoms with Crippen molar-refractivity contribution >= 4 is 23.2 Å². The predicted molar refractivity (Wildman–Crippen MR) is 94.0 cm³/mol. The lowest BCUT2D eigenvalue weighted by molar-refractivity contribution is -0.121. The van der Waals surface area contributed by atoms with Crippen LogP contribution in [-0.2, 0) is 11.2 Å². The zero-order valence-corrected chi connectivity index (χ0v) is 14.8. The van der Waals surface area contributed by atoms with E-state index in [1.165, 1.54) is 23.1 Å². The van der Waals surface area contributed by atoms with Gasteiger partial charge in [-0.15, -0.1) is 11.3 Å². The van der Waals surface area contributed by atoms with Crippen LogP contribution in [0.4, 0.5) is 4.39 Å². The monoisotopic (exact) mass is 361 g/mol. The van der Waals surface area contributed by atoms with Crippen molar-refractivity contribution in [2.45, 2.75) is 38.6 Å². The van der Waals surface area contributed by atoms with Gasteiger partial charge in [-0.05, 0) is 38.3 Å². The highest BCUT2D eigenvalue weighted by molar-refractivity contribution is 7.11. The Labute approximate surface area is 149 Å². The van der Waals surface area contributed by atoms with Gasteiger partial charge in [-0.1, -0.05) is 12.1 Å². The molecule has 3 rings (SSSR count). The average Bonchev–Trinajstić information content (AvgIpc) is 2.96. The molecule has 0 spiro atoms. The fourth-order valence-corrected chi connectivity index (χ4v) is 4.02. The van der Waals surface area contributed by atoms with Gasteiger partial charge in [0.25, 0.3) is 5.91 Å².